The summed E-state index contributed by atoms with van der Waals surface area (Å²) in [7, 11) is 5.53. The van der Waals surface area contributed by atoms with E-state index in [1.54, 1.807) is 26.0 Å². The summed E-state index contributed by atoms with van der Waals surface area (Å²) in [6, 6.07) is 5.88. The van der Waals surface area contributed by atoms with E-state index >= 15 is 0 Å². The number of aryl methyl sites for hydroxylation is 1. The number of fused-ring (bicyclic) bond motifs is 1. The molecule has 0 radical (unpaired) electrons. The van der Waals surface area contributed by atoms with Gasteiger partial charge >= 0.3 is 6.18 Å². The molecule has 0 spiro atoms. The van der Waals surface area contributed by atoms with Gasteiger partial charge in [-0.25, -0.2) is 14.4 Å². The van der Waals surface area contributed by atoms with Gasteiger partial charge in [-0.05, 0) is 47.0 Å². The molecule has 0 aliphatic carbocycles. The van der Waals surface area contributed by atoms with Crippen molar-refractivity contribution >= 4 is 16.7 Å². The highest BCUT2D eigenvalue weighted by Gasteiger charge is 2.46. The number of hydrogen-bond acceptors (Lipinski definition) is 7. The number of hydrogen-bond donors (Lipinski definition) is 1. The Labute approximate surface area is 219 Å². The van der Waals surface area contributed by atoms with E-state index in [0.717, 1.165) is 12.6 Å². The Morgan fingerprint density at radius 1 is 1.13 bits per heavy atom. The van der Waals surface area contributed by atoms with Crippen molar-refractivity contribution in [1.29, 1.82) is 0 Å². The van der Waals surface area contributed by atoms with Gasteiger partial charge in [0.1, 0.15) is 23.6 Å². The van der Waals surface area contributed by atoms with Gasteiger partial charge in [0.25, 0.3) is 0 Å². The van der Waals surface area contributed by atoms with Crippen molar-refractivity contribution in [1.82, 2.24) is 14.9 Å². The molecule has 1 aliphatic rings. The van der Waals surface area contributed by atoms with Crippen molar-refractivity contribution in [2.45, 2.75) is 39.1 Å². The topological polar surface area (TPSA) is 68.7 Å². The first-order valence-electron chi connectivity index (χ1n) is 12.2. The van der Waals surface area contributed by atoms with E-state index in [-0.39, 0.29) is 17.1 Å². The first-order chi connectivity index (χ1) is 17.8. The average molecular weight is 537 g/mol. The Bertz CT molecular complexity index is 1310. The minimum absolute atomic E-state index is 0.126. The average Bonchev–Trinajstić information content (AvgIpc) is 2.80. The lowest BCUT2D eigenvalue weighted by Gasteiger charge is -2.46. The number of nitrogens with zero attached hydrogens (tertiary/aromatic N) is 3. The van der Waals surface area contributed by atoms with Gasteiger partial charge in [-0.2, -0.15) is 13.2 Å². The summed E-state index contributed by atoms with van der Waals surface area (Å²) in [6.07, 6.45) is -5.02. The van der Waals surface area contributed by atoms with E-state index < -0.39 is 23.6 Å². The molecule has 0 bridgehead atoms. The van der Waals surface area contributed by atoms with Crippen LogP contribution in [-0.4, -0.2) is 61.9 Å². The second-order valence-electron chi connectivity index (χ2n) is 10.1. The van der Waals surface area contributed by atoms with E-state index in [9.17, 15) is 17.6 Å². The van der Waals surface area contributed by atoms with Gasteiger partial charge < -0.3 is 24.4 Å². The molecule has 1 N–H and O–H groups in total. The Kier molecular flexibility index (Phi) is 7.72. The van der Waals surface area contributed by atoms with Crippen LogP contribution in [0.1, 0.15) is 36.8 Å². The van der Waals surface area contributed by atoms with Crippen LogP contribution in [0.4, 0.5) is 23.4 Å². The zero-order chi connectivity index (χ0) is 27.8. The smallest absolute Gasteiger partial charge is 0.419 e. The maximum absolute atomic E-state index is 14.8. The van der Waals surface area contributed by atoms with Crippen molar-refractivity contribution in [3.8, 4) is 11.5 Å². The number of aromatic nitrogens is 2. The van der Waals surface area contributed by atoms with Crippen LogP contribution in [0.3, 0.4) is 0 Å². The van der Waals surface area contributed by atoms with Gasteiger partial charge in [0, 0.05) is 23.6 Å². The van der Waals surface area contributed by atoms with Gasteiger partial charge in [0.15, 0.2) is 11.5 Å². The molecule has 2 heterocycles. The Morgan fingerprint density at radius 2 is 1.84 bits per heavy atom. The van der Waals surface area contributed by atoms with Crippen molar-refractivity contribution in [2.75, 3.05) is 46.3 Å². The summed E-state index contributed by atoms with van der Waals surface area (Å²) in [4.78, 5) is 11.0. The molecule has 206 valence electrons. The number of halogens is 4. The minimum Gasteiger partial charge on any atom is -0.493 e. The van der Waals surface area contributed by atoms with Crippen molar-refractivity contribution in [3.63, 3.8) is 0 Å². The SMILES string of the molecule is COc1cc2nc(C)nc(N[C@H](C)c3cccc(C(F)(F)F)c3F)c2cc1O[C@@H](C)C1(CN(C)C)COC1. The van der Waals surface area contributed by atoms with Crippen molar-refractivity contribution < 1.29 is 31.8 Å². The second-order valence-corrected chi connectivity index (χ2v) is 10.1. The molecule has 0 saturated carbocycles. The fourth-order valence-corrected chi connectivity index (χ4v) is 4.76. The Hall–Kier alpha value is -3.18. The highest BCUT2D eigenvalue weighted by atomic mass is 19.4. The lowest BCUT2D eigenvalue weighted by molar-refractivity contribution is -0.167. The fraction of sp³-hybridized carbons (Fsp3) is 0.481. The third kappa shape index (κ3) is 5.49. The fourth-order valence-electron chi connectivity index (χ4n) is 4.76. The molecule has 2 aromatic carbocycles. The number of nitrogens with one attached hydrogen (secondary N) is 1. The first-order valence-corrected chi connectivity index (χ1v) is 12.2. The zero-order valence-corrected chi connectivity index (χ0v) is 22.2. The summed E-state index contributed by atoms with van der Waals surface area (Å²) >= 11 is 0. The van der Waals surface area contributed by atoms with E-state index in [1.807, 2.05) is 21.0 Å². The molecule has 38 heavy (non-hydrogen) atoms. The standard InChI is InChI=1S/C27H32F4N4O3/c1-15(18-8-7-9-20(24(18)28)27(29,30)31)32-25-19-10-23(22(36-6)11-21(19)33-17(3)34-25)38-16(2)26(12-35(4)5)13-37-14-26/h7-11,15-16H,12-14H2,1-6H3,(H,32,33,34)/t15-,16+/m1/s1. The summed E-state index contributed by atoms with van der Waals surface area (Å²) < 4.78 is 72.1. The van der Waals surface area contributed by atoms with Gasteiger partial charge in [0.05, 0.1) is 42.9 Å². The maximum atomic E-state index is 14.8. The number of benzene rings is 2. The third-order valence-corrected chi connectivity index (χ3v) is 6.82. The van der Waals surface area contributed by atoms with Gasteiger partial charge in [0.2, 0.25) is 0 Å². The second kappa shape index (κ2) is 10.5. The summed E-state index contributed by atoms with van der Waals surface area (Å²) in [5.74, 6) is 0.393. The van der Waals surface area contributed by atoms with Gasteiger partial charge in [-0.3, -0.25) is 0 Å². The number of anilines is 1. The monoisotopic (exact) mass is 536 g/mol. The minimum atomic E-state index is -4.80. The number of ether oxygens (including phenoxy) is 3. The normalized spacial score (nSPS) is 16.7. The summed E-state index contributed by atoms with van der Waals surface area (Å²) in [5, 5.41) is 3.64. The van der Waals surface area contributed by atoms with Crippen LogP contribution in [0.5, 0.6) is 11.5 Å². The van der Waals surface area contributed by atoms with Crippen LogP contribution in [0.2, 0.25) is 0 Å². The number of rotatable bonds is 9. The molecular weight excluding hydrogens is 504 g/mol. The van der Waals surface area contributed by atoms with E-state index in [2.05, 4.69) is 20.2 Å². The van der Waals surface area contributed by atoms with Crippen molar-refractivity contribution in [3.05, 3.63) is 53.1 Å². The van der Waals surface area contributed by atoms with E-state index in [1.165, 1.54) is 19.2 Å². The first kappa shape index (κ1) is 27.8. The lowest BCUT2D eigenvalue weighted by atomic mass is 9.80. The predicted molar refractivity (Wildman–Crippen MR) is 136 cm³/mol. The number of methoxy groups -OCH3 is 1. The summed E-state index contributed by atoms with van der Waals surface area (Å²) in [5.41, 5.74) is -1.08. The van der Waals surface area contributed by atoms with Crippen LogP contribution >= 0.6 is 0 Å². The van der Waals surface area contributed by atoms with E-state index in [4.69, 9.17) is 14.2 Å². The Balaban J connectivity index is 1.71. The Morgan fingerprint density at radius 3 is 2.42 bits per heavy atom. The molecule has 0 amide bonds. The molecule has 11 heteroatoms. The molecule has 7 nitrogen and oxygen atoms in total. The predicted octanol–water partition coefficient (Wildman–Crippen LogP) is 5.62. The maximum Gasteiger partial charge on any atom is 0.419 e. The molecule has 4 rings (SSSR count). The highest BCUT2D eigenvalue weighted by Crippen LogP contribution is 2.40. The van der Waals surface area contributed by atoms with E-state index in [0.29, 0.717) is 47.3 Å². The lowest BCUT2D eigenvalue weighted by Crippen LogP contribution is -2.57. The highest BCUT2D eigenvalue weighted by molar-refractivity contribution is 5.92. The summed E-state index contributed by atoms with van der Waals surface area (Å²) in [6.45, 7) is 7.17. The van der Waals surface area contributed by atoms with Gasteiger partial charge in [-0.15, -0.1) is 0 Å². The molecule has 0 unspecified atom stereocenters. The number of alkyl halides is 3. The molecule has 1 fully saturated rings. The van der Waals surface area contributed by atoms with Crippen LogP contribution in [0, 0.1) is 18.2 Å². The zero-order valence-electron chi connectivity index (χ0n) is 22.2. The van der Waals surface area contributed by atoms with Crippen LogP contribution < -0.4 is 14.8 Å². The molecule has 1 saturated heterocycles. The molecule has 2 atom stereocenters. The molecule has 1 aromatic heterocycles. The van der Waals surface area contributed by atoms with Crippen LogP contribution in [0.15, 0.2) is 30.3 Å². The van der Waals surface area contributed by atoms with Crippen LogP contribution in [0.25, 0.3) is 10.9 Å². The molecule has 3 aromatic rings. The third-order valence-electron chi connectivity index (χ3n) is 6.82. The largest absolute Gasteiger partial charge is 0.493 e. The van der Waals surface area contributed by atoms with Gasteiger partial charge in [-0.1, -0.05) is 12.1 Å². The van der Waals surface area contributed by atoms with Crippen LogP contribution in [-0.2, 0) is 10.9 Å². The quantitative estimate of drug-likeness (QED) is 0.356. The van der Waals surface area contributed by atoms with Crippen molar-refractivity contribution in [2.24, 2.45) is 5.41 Å². The molecule has 1 aliphatic heterocycles. The molecular formula is C27H32F4N4O3.